The Balaban J connectivity index is 1.45. The van der Waals surface area contributed by atoms with Gasteiger partial charge in [-0.25, -0.2) is 0 Å². The molecule has 4 aliphatic rings. The van der Waals surface area contributed by atoms with Gasteiger partial charge in [-0.3, -0.25) is 0 Å². The van der Waals surface area contributed by atoms with E-state index in [-0.39, 0.29) is 0 Å². The molecule has 0 saturated heterocycles. The second kappa shape index (κ2) is 7.58. The van der Waals surface area contributed by atoms with Crippen LogP contribution in [-0.4, -0.2) is 10.7 Å². The number of aliphatic hydroxyl groups is 1. The van der Waals surface area contributed by atoms with E-state index in [0.717, 1.165) is 48.3 Å². The van der Waals surface area contributed by atoms with Gasteiger partial charge in [0.2, 0.25) is 0 Å². The molecule has 0 amide bonds. The zero-order chi connectivity index (χ0) is 20.2. The van der Waals surface area contributed by atoms with E-state index in [1.807, 2.05) is 0 Å². The Hall–Kier alpha value is -0.0400. The van der Waals surface area contributed by atoms with E-state index in [1.54, 1.807) is 0 Å². The third kappa shape index (κ3) is 3.50. The Morgan fingerprint density at radius 1 is 0.893 bits per heavy atom. The SMILES string of the molecule is CC[C@H](C)CCC[C@H]1CC[C@H]2[C@@H]3CCC4C[C@@](C)(O)CC[C@]4(C)C3CC[C@]12C. The minimum absolute atomic E-state index is 0.395. The molecule has 0 radical (unpaired) electrons. The van der Waals surface area contributed by atoms with Crippen LogP contribution in [0.15, 0.2) is 0 Å². The standard InChI is InChI=1S/C27H48O/c1-6-19(2)8-7-9-20-11-13-23-22-12-10-21-18-25(3,28)16-17-27(21,5)24(22)14-15-26(20,23)4/h19-24,28H,6-18H2,1-5H3/t19-,20-,21?,22-,23-,24?,25-,26+,27-/m0/s1. The fourth-order valence-corrected chi connectivity index (χ4v) is 8.93. The van der Waals surface area contributed by atoms with Gasteiger partial charge in [0, 0.05) is 0 Å². The van der Waals surface area contributed by atoms with Crippen LogP contribution in [0.3, 0.4) is 0 Å². The van der Waals surface area contributed by atoms with Crippen LogP contribution in [0.2, 0.25) is 0 Å². The topological polar surface area (TPSA) is 20.2 Å². The zero-order valence-corrected chi connectivity index (χ0v) is 19.6. The summed E-state index contributed by atoms with van der Waals surface area (Å²) in [5, 5.41) is 10.7. The predicted octanol–water partition coefficient (Wildman–Crippen LogP) is 7.61. The van der Waals surface area contributed by atoms with Crippen LogP contribution in [0, 0.1) is 46.3 Å². The maximum absolute atomic E-state index is 10.7. The first kappa shape index (κ1) is 21.2. The van der Waals surface area contributed by atoms with E-state index >= 15 is 0 Å². The molecule has 28 heavy (non-hydrogen) atoms. The number of rotatable bonds is 5. The molecule has 0 aromatic rings. The van der Waals surface area contributed by atoms with E-state index in [1.165, 1.54) is 70.6 Å². The minimum atomic E-state index is -0.395. The van der Waals surface area contributed by atoms with Crippen molar-refractivity contribution in [1.29, 1.82) is 0 Å². The smallest absolute Gasteiger partial charge is 0.0622 e. The van der Waals surface area contributed by atoms with Gasteiger partial charge >= 0.3 is 0 Å². The third-order valence-corrected chi connectivity index (χ3v) is 11.1. The molecule has 1 nitrogen and oxygen atoms in total. The predicted molar refractivity (Wildman–Crippen MR) is 119 cm³/mol. The lowest BCUT2D eigenvalue weighted by Crippen LogP contribution is -2.55. The molecule has 1 N–H and O–H groups in total. The molecule has 0 spiro atoms. The van der Waals surface area contributed by atoms with Gasteiger partial charge in [-0.15, -0.1) is 0 Å². The monoisotopic (exact) mass is 388 g/mol. The van der Waals surface area contributed by atoms with Crippen molar-refractivity contribution >= 4 is 0 Å². The Kier molecular flexibility index (Phi) is 5.74. The van der Waals surface area contributed by atoms with Crippen LogP contribution in [0.5, 0.6) is 0 Å². The van der Waals surface area contributed by atoms with Crippen molar-refractivity contribution in [3.63, 3.8) is 0 Å². The fraction of sp³-hybridized carbons (Fsp3) is 1.00. The molecule has 2 unspecified atom stereocenters. The Bertz CT molecular complexity index is 552. The van der Waals surface area contributed by atoms with Gasteiger partial charge in [0.25, 0.3) is 0 Å². The quantitative estimate of drug-likeness (QED) is 0.513. The summed E-state index contributed by atoms with van der Waals surface area (Å²) >= 11 is 0. The highest BCUT2D eigenvalue weighted by Crippen LogP contribution is 2.68. The van der Waals surface area contributed by atoms with Gasteiger partial charge in [0.1, 0.15) is 0 Å². The molecule has 0 heterocycles. The van der Waals surface area contributed by atoms with Crippen LogP contribution in [0.25, 0.3) is 0 Å². The summed E-state index contributed by atoms with van der Waals surface area (Å²) in [5.41, 5.74) is 0.759. The van der Waals surface area contributed by atoms with Crippen LogP contribution in [0.1, 0.15) is 118 Å². The second-order valence-corrected chi connectivity index (χ2v) is 12.6. The molecule has 4 saturated carbocycles. The van der Waals surface area contributed by atoms with Crippen molar-refractivity contribution < 1.29 is 5.11 Å². The van der Waals surface area contributed by atoms with Crippen molar-refractivity contribution in [2.24, 2.45) is 46.3 Å². The van der Waals surface area contributed by atoms with Gasteiger partial charge in [-0.2, -0.15) is 0 Å². The van der Waals surface area contributed by atoms with Gasteiger partial charge < -0.3 is 5.11 Å². The van der Waals surface area contributed by atoms with Crippen LogP contribution < -0.4 is 0 Å². The van der Waals surface area contributed by atoms with Crippen molar-refractivity contribution in [2.75, 3.05) is 0 Å². The first-order chi connectivity index (χ1) is 13.2. The highest BCUT2D eigenvalue weighted by Gasteiger charge is 2.60. The lowest BCUT2D eigenvalue weighted by molar-refractivity contribution is -0.146. The zero-order valence-electron chi connectivity index (χ0n) is 19.6. The molecule has 0 aliphatic heterocycles. The average Bonchev–Trinajstić information content (AvgIpc) is 2.98. The van der Waals surface area contributed by atoms with E-state index < -0.39 is 5.60 Å². The summed E-state index contributed by atoms with van der Waals surface area (Å²) in [7, 11) is 0. The number of fused-ring (bicyclic) bond motifs is 5. The summed E-state index contributed by atoms with van der Waals surface area (Å²) in [5.74, 6) is 5.62. The van der Waals surface area contributed by atoms with Crippen molar-refractivity contribution in [2.45, 2.75) is 124 Å². The molecule has 0 aromatic heterocycles. The molecule has 1 heteroatoms. The van der Waals surface area contributed by atoms with Gasteiger partial charge in [0.15, 0.2) is 0 Å². The average molecular weight is 389 g/mol. The van der Waals surface area contributed by atoms with Gasteiger partial charge in [-0.1, -0.05) is 47.0 Å². The molecular weight excluding hydrogens is 340 g/mol. The number of hydrogen-bond acceptors (Lipinski definition) is 1. The number of hydrogen-bond donors (Lipinski definition) is 1. The Labute approximate surface area is 175 Å². The summed E-state index contributed by atoms with van der Waals surface area (Å²) < 4.78 is 0. The summed E-state index contributed by atoms with van der Waals surface area (Å²) in [4.78, 5) is 0. The fourth-order valence-electron chi connectivity index (χ4n) is 8.93. The largest absolute Gasteiger partial charge is 0.390 e. The van der Waals surface area contributed by atoms with E-state index in [2.05, 4.69) is 34.6 Å². The Morgan fingerprint density at radius 2 is 1.64 bits per heavy atom. The lowest BCUT2D eigenvalue weighted by atomic mass is 9.44. The molecule has 0 bridgehead atoms. The van der Waals surface area contributed by atoms with Crippen LogP contribution in [0.4, 0.5) is 0 Å². The highest BCUT2D eigenvalue weighted by molar-refractivity contribution is 5.10. The van der Waals surface area contributed by atoms with Gasteiger partial charge in [0.05, 0.1) is 5.60 Å². The van der Waals surface area contributed by atoms with E-state index in [4.69, 9.17) is 0 Å². The minimum Gasteiger partial charge on any atom is -0.390 e. The molecule has 162 valence electrons. The van der Waals surface area contributed by atoms with Gasteiger partial charge in [-0.05, 0) is 117 Å². The molecule has 0 aromatic carbocycles. The first-order valence-corrected chi connectivity index (χ1v) is 12.9. The van der Waals surface area contributed by atoms with Crippen molar-refractivity contribution in [3.05, 3.63) is 0 Å². The Morgan fingerprint density at radius 3 is 2.39 bits per heavy atom. The highest BCUT2D eigenvalue weighted by atomic mass is 16.3. The summed E-state index contributed by atoms with van der Waals surface area (Å²) in [6.45, 7) is 12.2. The molecular formula is C27H48O. The molecule has 4 aliphatic carbocycles. The van der Waals surface area contributed by atoms with E-state index in [0.29, 0.717) is 10.8 Å². The molecule has 4 fully saturated rings. The lowest BCUT2D eigenvalue weighted by Gasteiger charge is -2.62. The normalized spacial score (nSPS) is 51.9. The van der Waals surface area contributed by atoms with Crippen molar-refractivity contribution in [1.82, 2.24) is 0 Å². The van der Waals surface area contributed by atoms with Crippen molar-refractivity contribution in [3.8, 4) is 0 Å². The molecule has 9 atom stereocenters. The van der Waals surface area contributed by atoms with E-state index in [9.17, 15) is 5.11 Å². The van der Waals surface area contributed by atoms with Crippen LogP contribution >= 0.6 is 0 Å². The first-order valence-electron chi connectivity index (χ1n) is 12.9. The van der Waals surface area contributed by atoms with Crippen LogP contribution in [-0.2, 0) is 0 Å². The summed E-state index contributed by atoms with van der Waals surface area (Å²) in [6, 6.07) is 0. The summed E-state index contributed by atoms with van der Waals surface area (Å²) in [6.07, 6.45) is 18.0. The maximum atomic E-state index is 10.7. The molecule has 4 rings (SSSR count). The maximum Gasteiger partial charge on any atom is 0.0622 e. The second-order valence-electron chi connectivity index (χ2n) is 12.6. The third-order valence-electron chi connectivity index (χ3n) is 11.1.